The molecule has 1 heterocycles. The summed E-state index contributed by atoms with van der Waals surface area (Å²) in [5.74, 6) is 0.461. The van der Waals surface area contributed by atoms with E-state index in [1.807, 2.05) is 70.2 Å². The van der Waals surface area contributed by atoms with E-state index in [-0.39, 0.29) is 18.4 Å². The van der Waals surface area contributed by atoms with Gasteiger partial charge in [0.05, 0.1) is 19.7 Å². The van der Waals surface area contributed by atoms with Crippen molar-refractivity contribution in [2.75, 3.05) is 20.8 Å². The van der Waals surface area contributed by atoms with Crippen LogP contribution in [-0.4, -0.2) is 58.0 Å². The lowest BCUT2D eigenvalue weighted by atomic mass is 10.00. The van der Waals surface area contributed by atoms with Crippen molar-refractivity contribution in [1.29, 1.82) is 0 Å². The van der Waals surface area contributed by atoms with E-state index in [0.29, 0.717) is 35.5 Å². The van der Waals surface area contributed by atoms with Crippen LogP contribution in [0.1, 0.15) is 43.5 Å². The predicted octanol–water partition coefficient (Wildman–Crippen LogP) is 4.48. The van der Waals surface area contributed by atoms with Crippen molar-refractivity contribution in [2.24, 2.45) is 0 Å². The smallest absolute Gasteiger partial charge is 0.247 e. The molecular formula is C31H37N5O4. The molecule has 1 atom stereocenters. The molecule has 4 rings (SSSR count). The highest BCUT2D eigenvalue weighted by atomic mass is 16.5. The highest BCUT2D eigenvalue weighted by Crippen LogP contribution is 2.33. The van der Waals surface area contributed by atoms with Crippen LogP contribution in [0.3, 0.4) is 0 Å². The number of nitrogens with zero attached hydrogens (tertiary/aromatic N) is 4. The Balaban J connectivity index is 1.77. The lowest BCUT2D eigenvalue weighted by Crippen LogP contribution is -2.50. The minimum atomic E-state index is -0.925. The molecule has 2 amide bonds. The summed E-state index contributed by atoms with van der Waals surface area (Å²) in [6.07, 6.45) is 0.568. The number of aromatic nitrogens is 3. The van der Waals surface area contributed by atoms with Gasteiger partial charge in [-0.1, -0.05) is 53.2 Å². The van der Waals surface area contributed by atoms with Crippen LogP contribution < -0.4 is 14.8 Å². The van der Waals surface area contributed by atoms with Crippen molar-refractivity contribution >= 4 is 22.8 Å². The van der Waals surface area contributed by atoms with Crippen LogP contribution in [0.15, 0.2) is 66.7 Å². The topological polar surface area (TPSA) is 98.6 Å². The third-order valence-corrected chi connectivity index (χ3v) is 6.53. The van der Waals surface area contributed by atoms with E-state index in [1.54, 1.807) is 42.0 Å². The molecule has 0 radical (unpaired) electrons. The van der Waals surface area contributed by atoms with Crippen molar-refractivity contribution in [3.63, 3.8) is 0 Å². The van der Waals surface area contributed by atoms with Crippen LogP contribution >= 0.6 is 0 Å². The first-order valence-corrected chi connectivity index (χ1v) is 13.3. The number of ether oxygens (including phenoxy) is 2. The number of carbonyl (C=O) groups is 2. The van der Waals surface area contributed by atoms with Gasteiger partial charge in [-0.05, 0) is 69.5 Å². The first-order valence-electron chi connectivity index (χ1n) is 13.3. The van der Waals surface area contributed by atoms with E-state index in [4.69, 9.17) is 9.47 Å². The molecule has 3 aromatic carbocycles. The van der Waals surface area contributed by atoms with Gasteiger partial charge in [0.25, 0.3) is 0 Å². The fourth-order valence-corrected chi connectivity index (χ4v) is 4.70. The lowest BCUT2D eigenvalue weighted by Gasteiger charge is -2.34. The summed E-state index contributed by atoms with van der Waals surface area (Å²) in [5, 5.41) is 11.5. The Morgan fingerprint density at radius 3 is 2.42 bits per heavy atom. The van der Waals surface area contributed by atoms with E-state index >= 15 is 0 Å². The van der Waals surface area contributed by atoms with Gasteiger partial charge in [-0.2, -0.15) is 0 Å². The summed E-state index contributed by atoms with van der Waals surface area (Å²) in [5.41, 5.74) is 3.75. The fourth-order valence-electron chi connectivity index (χ4n) is 4.70. The second-order valence-electron chi connectivity index (χ2n) is 10.8. The Labute approximate surface area is 235 Å². The van der Waals surface area contributed by atoms with Crippen molar-refractivity contribution < 1.29 is 19.1 Å². The summed E-state index contributed by atoms with van der Waals surface area (Å²) in [4.78, 5) is 29.7. The Hall–Kier alpha value is -4.40. The molecule has 40 heavy (non-hydrogen) atoms. The molecule has 1 aromatic heterocycles. The molecular weight excluding hydrogens is 506 g/mol. The summed E-state index contributed by atoms with van der Waals surface area (Å²) in [7, 11) is 3.10. The monoisotopic (exact) mass is 543 g/mol. The zero-order valence-corrected chi connectivity index (χ0v) is 24.0. The standard InChI is InChI=1S/C31H37N5O4/c1-21-10-9-11-22(18-21)16-17-35(28(37)20-36-25-13-8-7-12-24(25)33-34-36)29(30(38)32-31(2,3)4)23-14-15-26(39-5)27(19-23)40-6/h7-15,18-19,29H,16-17,20H2,1-6H3,(H,32,38)/t29-/m0/s1. The lowest BCUT2D eigenvalue weighted by molar-refractivity contribution is -0.142. The minimum Gasteiger partial charge on any atom is -0.493 e. The van der Waals surface area contributed by atoms with Gasteiger partial charge < -0.3 is 19.7 Å². The Morgan fingerprint density at radius 1 is 0.975 bits per heavy atom. The van der Waals surface area contributed by atoms with E-state index in [0.717, 1.165) is 16.6 Å². The van der Waals surface area contributed by atoms with Crippen LogP contribution in [0, 0.1) is 6.92 Å². The number of methoxy groups -OCH3 is 2. The Kier molecular flexibility index (Phi) is 8.72. The van der Waals surface area contributed by atoms with Gasteiger partial charge in [0.1, 0.15) is 18.1 Å². The average molecular weight is 544 g/mol. The van der Waals surface area contributed by atoms with Crippen LogP contribution in [0.2, 0.25) is 0 Å². The van der Waals surface area contributed by atoms with Crippen molar-refractivity contribution in [3.8, 4) is 11.5 Å². The maximum absolute atomic E-state index is 14.1. The molecule has 9 nitrogen and oxygen atoms in total. The van der Waals surface area contributed by atoms with Crippen LogP contribution in [0.5, 0.6) is 11.5 Å². The molecule has 0 fully saturated rings. The zero-order chi connectivity index (χ0) is 28.9. The molecule has 4 aromatic rings. The van der Waals surface area contributed by atoms with Gasteiger partial charge in [-0.3, -0.25) is 9.59 Å². The van der Waals surface area contributed by atoms with Gasteiger partial charge in [0, 0.05) is 12.1 Å². The minimum absolute atomic E-state index is 0.0685. The Morgan fingerprint density at radius 2 is 1.73 bits per heavy atom. The van der Waals surface area contributed by atoms with Gasteiger partial charge >= 0.3 is 0 Å². The van der Waals surface area contributed by atoms with E-state index in [1.165, 1.54) is 0 Å². The molecule has 0 bridgehead atoms. The third kappa shape index (κ3) is 6.77. The van der Waals surface area contributed by atoms with Crippen molar-refractivity contribution in [3.05, 3.63) is 83.4 Å². The van der Waals surface area contributed by atoms with Crippen LogP contribution in [-0.2, 0) is 22.6 Å². The SMILES string of the molecule is COc1ccc([C@@H](C(=O)NC(C)(C)C)N(CCc2cccc(C)c2)C(=O)Cn2nnc3ccccc32)cc1OC. The second-order valence-corrected chi connectivity index (χ2v) is 10.8. The van der Waals surface area contributed by atoms with Crippen molar-refractivity contribution in [2.45, 2.75) is 52.2 Å². The fraction of sp³-hybridized carbons (Fsp3) is 0.355. The predicted molar refractivity (Wildman–Crippen MR) is 154 cm³/mol. The highest BCUT2D eigenvalue weighted by molar-refractivity contribution is 5.89. The van der Waals surface area contributed by atoms with Gasteiger partial charge in [0.15, 0.2) is 11.5 Å². The summed E-state index contributed by atoms with van der Waals surface area (Å²) in [6.45, 7) is 8.02. The van der Waals surface area contributed by atoms with Gasteiger partial charge in [-0.25, -0.2) is 4.68 Å². The summed E-state index contributed by atoms with van der Waals surface area (Å²) >= 11 is 0. The molecule has 210 valence electrons. The number of benzene rings is 3. The van der Waals surface area contributed by atoms with Gasteiger partial charge in [0.2, 0.25) is 11.8 Å². The quantitative estimate of drug-likeness (QED) is 0.317. The molecule has 1 N–H and O–H groups in total. The molecule has 0 saturated carbocycles. The summed E-state index contributed by atoms with van der Waals surface area (Å²) < 4.78 is 12.5. The van der Waals surface area contributed by atoms with E-state index in [9.17, 15) is 9.59 Å². The number of aryl methyl sites for hydroxylation is 1. The summed E-state index contributed by atoms with van der Waals surface area (Å²) in [6, 6.07) is 20.0. The molecule has 0 aliphatic rings. The molecule has 0 spiro atoms. The molecule has 0 aliphatic carbocycles. The number of amides is 2. The maximum atomic E-state index is 14.1. The number of nitrogens with one attached hydrogen (secondary N) is 1. The number of hydrogen-bond acceptors (Lipinski definition) is 6. The number of rotatable bonds is 10. The second kappa shape index (κ2) is 12.2. The number of para-hydroxylation sites is 1. The first kappa shape index (κ1) is 28.6. The van der Waals surface area contributed by atoms with E-state index < -0.39 is 11.6 Å². The molecule has 0 saturated heterocycles. The third-order valence-electron chi connectivity index (χ3n) is 6.53. The number of carbonyl (C=O) groups excluding carboxylic acids is 2. The maximum Gasteiger partial charge on any atom is 0.247 e. The molecule has 9 heteroatoms. The largest absolute Gasteiger partial charge is 0.493 e. The number of hydrogen-bond donors (Lipinski definition) is 1. The zero-order valence-electron chi connectivity index (χ0n) is 24.0. The molecule has 0 unspecified atom stereocenters. The average Bonchev–Trinajstić information content (AvgIpc) is 3.32. The van der Waals surface area contributed by atoms with Gasteiger partial charge in [-0.15, -0.1) is 5.10 Å². The Bertz CT molecular complexity index is 1490. The van der Waals surface area contributed by atoms with Crippen LogP contribution in [0.25, 0.3) is 11.0 Å². The number of fused-ring (bicyclic) bond motifs is 1. The van der Waals surface area contributed by atoms with E-state index in [2.05, 4.69) is 21.7 Å². The normalized spacial score (nSPS) is 12.2. The highest BCUT2D eigenvalue weighted by Gasteiger charge is 2.34. The molecule has 0 aliphatic heterocycles. The van der Waals surface area contributed by atoms with Crippen LogP contribution in [0.4, 0.5) is 0 Å². The van der Waals surface area contributed by atoms with Crippen molar-refractivity contribution in [1.82, 2.24) is 25.2 Å². The first-order chi connectivity index (χ1) is 19.1.